The Hall–Kier alpha value is -1.24. The van der Waals surface area contributed by atoms with E-state index in [1.807, 2.05) is 0 Å². The van der Waals surface area contributed by atoms with Crippen molar-refractivity contribution >= 4 is 15.5 Å². The average Bonchev–Trinajstić information content (AvgIpc) is 2.13. The van der Waals surface area contributed by atoms with Crippen LogP contribution in [0.25, 0.3) is 0 Å². The molecule has 94 valence electrons. The number of benzene rings is 1. The smallest absolute Gasteiger partial charge is 0.380 e. The molecular weight excluding hydrogens is 255 g/mol. The zero-order valence-corrected chi connectivity index (χ0v) is 9.69. The maximum Gasteiger partial charge on any atom is 0.418 e. The van der Waals surface area contributed by atoms with Gasteiger partial charge in [-0.1, -0.05) is 6.07 Å². The van der Waals surface area contributed by atoms with E-state index in [4.69, 9.17) is 0 Å². The summed E-state index contributed by atoms with van der Waals surface area (Å²) in [6.45, 7) is 1.54. The first-order chi connectivity index (χ1) is 7.72. The van der Waals surface area contributed by atoms with Crippen molar-refractivity contribution in [3.05, 3.63) is 23.8 Å². The summed E-state index contributed by atoms with van der Waals surface area (Å²) in [7, 11) is -3.64. The molecule has 1 aromatic rings. The zero-order chi connectivity index (χ0) is 12.8. The average molecular weight is 265 g/mol. The van der Waals surface area contributed by atoms with E-state index < -0.39 is 27.6 Å². The van der Waals surface area contributed by atoms with Gasteiger partial charge in [0.05, 0.1) is 21.9 Å². The molecule has 0 fully saturated rings. The Bertz CT molecular complexity index is 551. The lowest BCUT2D eigenvalue weighted by atomic mass is 10.1. The molecular formula is C10H10F3NO2S. The van der Waals surface area contributed by atoms with Gasteiger partial charge in [-0.25, -0.2) is 8.42 Å². The Balaban J connectivity index is 2.71. The molecule has 0 spiro atoms. The Kier molecular flexibility index (Phi) is 2.61. The molecule has 0 saturated heterocycles. The number of fused-ring (bicyclic) bond motifs is 1. The van der Waals surface area contributed by atoms with Crippen molar-refractivity contribution in [2.45, 2.75) is 24.0 Å². The molecule has 1 aliphatic heterocycles. The van der Waals surface area contributed by atoms with E-state index in [0.717, 1.165) is 12.1 Å². The molecule has 1 aliphatic rings. The van der Waals surface area contributed by atoms with E-state index in [1.165, 1.54) is 13.0 Å². The summed E-state index contributed by atoms with van der Waals surface area (Å²) < 4.78 is 61.7. The van der Waals surface area contributed by atoms with Crippen LogP contribution >= 0.6 is 0 Å². The van der Waals surface area contributed by atoms with Crippen molar-refractivity contribution in [1.82, 2.24) is 0 Å². The van der Waals surface area contributed by atoms with Crippen LogP contribution in [0, 0.1) is 0 Å². The minimum Gasteiger partial charge on any atom is -0.380 e. The fraction of sp³-hybridized carbons (Fsp3) is 0.400. The summed E-state index contributed by atoms with van der Waals surface area (Å²) in [6.07, 6.45) is -4.56. The first-order valence-corrected chi connectivity index (χ1v) is 6.56. The van der Waals surface area contributed by atoms with Gasteiger partial charge in [-0.15, -0.1) is 0 Å². The number of alkyl halides is 3. The molecule has 17 heavy (non-hydrogen) atoms. The minimum absolute atomic E-state index is 0.193. The normalized spacial score (nSPS) is 22.7. The van der Waals surface area contributed by atoms with Gasteiger partial charge in [0.15, 0.2) is 9.84 Å². The second kappa shape index (κ2) is 3.63. The Morgan fingerprint density at radius 1 is 1.35 bits per heavy atom. The van der Waals surface area contributed by atoms with Crippen molar-refractivity contribution < 1.29 is 21.6 Å². The number of nitrogens with one attached hydrogen (secondary N) is 1. The summed E-state index contributed by atoms with van der Waals surface area (Å²) >= 11 is 0. The fourth-order valence-corrected chi connectivity index (χ4v) is 3.57. The molecule has 3 nitrogen and oxygen atoms in total. The molecule has 1 N–H and O–H groups in total. The third kappa shape index (κ3) is 2.11. The van der Waals surface area contributed by atoms with Gasteiger partial charge in [0.2, 0.25) is 0 Å². The van der Waals surface area contributed by atoms with Gasteiger partial charge in [-0.05, 0) is 19.1 Å². The number of halogens is 3. The number of hydrogen-bond acceptors (Lipinski definition) is 3. The van der Waals surface area contributed by atoms with Crippen LogP contribution in [-0.2, 0) is 16.0 Å². The predicted molar refractivity (Wildman–Crippen MR) is 56.6 cm³/mol. The highest BCUT2D eigenvalue weighted by Gasteiger charge is 2.38. The number of hydrogen-bond donors (Lipinski definition) is 1. The first kappa shape index (κ1) is 12.2. The van der Waals surface area contributed by atoms with Crippen LogP contribution in [0.4, 0.5) is 18.9 Å². The van der Waals surface area contributed by atoms with Gasteiger partial charge < -0.3 is 5.32 Å². The van der Waals surface area contributed by atoms with Gasteiger partial charge in [0.25, 0.3) is 0 Å². The van der Waals surface area contributed by atoms with Crippen molar-refractivity contribution in [3.63, 3.8) is 0 Å². The van der Waals surface area contributed by atoms with Gasteiger partial charge in [-0.3, -0.25) is 0 Å². The zero-order valence-electron chi connectivity index (χ0n) is 8.88. The van der Waals surface area contributed by atoms with Gasteiger partial charge in [0, 0.05) is 6.04 Å². The van der Waals surface area contributed by atoms with Crippen LogP contribution in [0.5, 0.6) is 0 Å². The van der Waals surface area contributed by atoms with Gasteiger partial charge in [-0.2, -0.15) is 13.2 Å². The molecule has 0 aliphatic carbocycles. The van der Waals surface area contributed by atoms with Crippen LogP contribution in [0.15, 0.2) is 23.1 Å². The van der Waals surface area contributed by atoms with Crippen molar-refractivity contribution in [2.24, 2.45) is 0 Å². The first-order valence-electron chi connectivity index (χ1n) is 4.91. The maximum atomic E-state index is 12.7. The third-order valence-corrected chi connectivity index (χ3v) is 4.48. The molecule has 0 bridgehead atoms. The lowest BCUT2D eigenvalue weighted by Crippen LogP contribution is -2.33. The molecule has 1 unspecified atom stereocenters. The summed E-state index contributed by atoms with van der Waals surface area (Å²) in [6, 6.07) is 2.64. The highest BCUT2D eigenvalue weighted by atomic mass is 32.2. The molecule has 0 saturated carbocycles. The number of para-hydroxylation sites is 1. The van der Waals surface area contributed by atoms with E-state index in [-0.39, 0.29) is 16.3 Å². The minimum atomic E-state index is -4.56. The van der Waals surface area contributed by atoms with Crippen molar-refractivity contribution in [2.75, 3.05) is 11.1 Å². The van der Waals surface area contributed by atoms with Crippen LogP contribution in [0.2, 0.25) is 0 Å². The highest BCUT2D eigenvalue weighted by molar-refractivity contribution is 7.91. The molecule has 1 aromatic carbocycles. The summed E-state index contributed by atoms with van der Waals surface area (Å²) in [5, 5.41) is 2.59. The summed E-state index contributed by atoms with van der Waals surface area (Å²) in [5.41, 5.74) is -1.27. The molecule has 1 atom stereocenters. The molecule has 0 aromatic heterocycles. The van der Waals surface area contributed by atoms with Gasteiger partial charge in [0.1, 0.15) is 0 Å². The molecule has 0 amide bonds. The molecule has 2 rings (SSSR count). The lowest BCUT2D eigenvalue weighted by molar-refractivity contribution is -0.137. The monoisotopic (exact) mass is 265 g/mol. The van der Waals surface area contributed by atoms with Crippen LogP contribution in [0.3, 0.4) is 0 Å². The van der Waals surface area contributed by atoms with E-state index in [2.05, 4.69) is 5.32 Å². The molecule has 0 radical (unpaired) electrons. The number of anilines is 1. The Morgan fingerprint density at radius 3 is 2.59 bits per heavy atom. The summed E-state index contributed by atoms with van der Waals surface area (Å²) in [4.78, 5) is -0.273. The SMILES string of the molecule is CC1CS(=O)(=O)c2cccc(C(F)(F)F)c2N1. The largest absolute Gasteiger partial charge is 0.418 e. The van der Waals surface area contributed by atoms with Gasteiger partial charge >= 0.3 is 6.18 Å². The van der Waals surface area contributed by atoms with E-state index in [1.54, 1.807) is 0 Å². The predicted octanol–water partition coefficient (Wildman–Crippen LogP) is 2.29. The lowest BCUT2D eigenvalue weighted by Gasteiger charge is -2.26. The maximum absolute atomic E-state index is 12.7. The summed E-state index contributed by atoms with van der Waals surface area (Å²) in [5.74, 6) is -0.193. The van der Waals surface area contributed by atoms with E-state index >= 15 is 0 Å². The Labute approximate surface area is 96.6 Å². The second-order valence-corrected chi connectivity index (χ2v) is 6.01. The number of rotatable bonds is 0. The van der Waals surface area contributed by atoms with Crippen LogP contribution in [0.1, 0.15) is 12.5 Å². The fourth-order valence-electron chi connectivity index (χ4n) is 1.88. The second-order valence-electron chi connectivity index (χ2n) is 4.00. The van der Waals surface area contributed by atoms with Crippen molar-refractivity contribution in [3.8, 4) is 0 Å². The third-order valence-electron chi connectivity index (χ3n) is 2.53. The Morgan fingerprint density at radius 2 is 2.00 bits per heavy atom. The highest BCUT2D eigenvalue weighted by Crippen LogP contribution is 2.40. The topological polar surface area (TPSA) is 46.2 Å². The number of sulfone groups is 1. The van der Waals surface area contributed by atoms with Crippen molar-refractivity contribution in [1.29, 1.82) is 0 Å². The molecule has 7 heteroatoms. The van der Waals surface area contributed by atoms with Crippen LogP contribution in [-0.4, -0.2) is 20.2 Å². The quantitative estimate of drug-likeness (QED) is 0.783. The molecule has 1 heterocycles. The van der Waals surface area contributed by atoms with E-state index in [0.29, 0.717) is 0 Å². The van der Waals surface area contributed by atoms with E-state index in [9.17, 15) is 21.6 Å². The van der Waals surface area contributed by atoms with Crippen LogP contribution < -0.4 is 5.32 Å². The standard InChI is InChI=1S/C10H10F3NO2S/c1-6-5-17(15,16)8-4-2-3-7(9(8)14-6)10(11,12)13/h2-4,6,14H,5H2,1H3.